The molecule has 1 nitrogen and oxygen atoms in total. The first-order valence-corrected chi connectivity index (χ1v) is 25.0. The van der Waals surface area contributed by atoms with Gasteiger partial charge in [-0.15, -0.1) is 0 Å². The Morgan fingerprint density at radius 2 is 1.40 bits per heavy atom. The molecule has 0 bridgehead atoms. The van der Waals surface area contributed by atoms with E-state index in [1.165, 1.54) is 82.2 Å². The standard InChI is InChI=1S/C15H29OSi.3C4H9.Sn/c1-14(13-17(2,3)4)10-11-16-12-15-8-6-5-7-9-15;3*1-3-4-2;/h12,15H,1,5-11,13H2,2-4H3;3*1,3-4H2,2H3;. The summed E-state index contributed by atoms with van der Waals surface area (Å²) in [5.74, 6) is 0.880. The molecule has 0 heterocycles. The van der Waals surface area contributed by atoms with Crippen LogP contribution in [0.3, 0.4) is 0 Å². The van der Waals surface area contributed by atoms with Gasteiger partial charge >= 0.3 is 197 Å². The molecular weight excluding hydrogens is 487 g/mol. The second-order valence-electron chi connectivity index (χ2n) is 11.6. The van der Waals surface area contributed by atoms with Crippen molar-refractivity contribution in [3.63, 3.8) is 0 Å². The second-order valence-corrected chi connectivity index (χ2v) is 30.8. The molecule has 0 aromatic rings. The molecule has 1 unspecified atom stereocenters. The molecule has 30 heavy (non-hydrogen) atoms. The number of hydrogen-bond donors (Lipinski definition) is 0. The van der Waals surface area contributed by atoms with Gasteiger partial charge in [-0.3, -0.25) is 0 Å². The average Bonchev–Trinajstić information content (AvgIpc) is 2.70. The Morgan fingerprint density at radius 1 is 0.900 bits per heavy atom. The summed E-state index contributed by atoms with van der Waals surface area (Å²) in [6, 6.07) is 1.26. The summed E-state index contributed by atoms with van der Waals surface area (Å²) in [6.07, 6.45) is 16.8. The molecule has 0 aromatic heterocycles. The summed E-state index contributed by atoms with van der Waals surface area (Å²) < 4.78 is 12.5. The molecule has 178 valence electrons. The molecule has 3 heteroatoms. The summed E-state index contributed by atoms with van der Waals surface area (Å²) in [7, 11) is -1.06. The number of hydrogen-bond acceptors (Lipinski definition) is 1. The van der Waals surface area contributed by atoms with E-state index in [4.69, 9.17) is 4.74 Å². The predicted molar refractivity (Wildman–Crippen MR) is 143 cm³/mol. The Morgan fingerprint density at radius 3 is 1.83 bits per heavy atom. The van der Waals surface area contributed by atoms with Gasteiger partial charge < -0.3 is 0 Å². The van der Waals surface area contributed by atoms with Crippen LogP contribution in [-0.4, -0.2) is 37.2 Å². The van der Waals surface area contributed by atoms with Gasteiger partial charge in [0, 0.05) is 0 Å². The zero-order valence-electron chi connectivity index (χ0n) is 21.8. The molecule has 1 saturated carbocycles. The Labute approximate surface area is 196 Å². The van der Waals surface area contributed by atoms with Crippen LogP contribution in [0.2, 0.25) is 39.0 Å². The number of unbranched alkanes of at least 4 members (excludes halogenated alkanes) is 3. The first kappa shape index (κ1) is 28.7. The van der Waals surface area contributed by atoms with Crippen molar-refractivity contribution in [2.75, 3.05) is 6.61 Å². The molecule has 0 amide bonds. The molecule has 1 rings (SSSR count). The molecule has 0 N–H and O–H groups in total. The van der Waals surface area contributed by atoms with E-state index < -0.39 is 26.5 Å². The van der Waals surface area contributed by atoms with Gasteiger partial charge in [0.25, 0.3) is 0 Å². The molecule has 1 aliphatic carbocycles. The van der Waals surface area contributed by atoms with Crippen LogP contribution in [0.4, 0.5) is 0 Å². The fraction of sp³-hybridized carbons (Fsp3) is 0.926. The van der Waals surface area contributed by atoms with E-state index in [1.54, 1.807) is 13.3 Å². The Bertz CT molecular complexity index is 428. The van der Waals surface area contributed by atoms with E-state index in [1.807, 2.05) is 0 Å². The first-order valence-electron chi connectivity index (χ1n) is 13.6. The van der Waals surface area contributed by atoms with E-state index in [2.05, 4.69) is 47.0 Å². The summed E-state index contributed by atoms with van der Waals surface area (Å²) in [4.78, 5) is 0. The van der Waals surface area contributed by atoms with Crippen LogP contribution in [0.1, 0.15) is 97.8 Å². The Balaban J connectivity index is 3.00. The van der Waals surface area contributed by atoms with Crippen molar-refractivity contribution in [1.82, 2.24) is 0 Å². The van der Waals surface area contributed by atoms with Crippen molar-refractivity contribution in [3.05, 3.63) is 12.2 Å². The van der Waals surface area contributed by atoms with Crippen molar-refractivity contribution >= 4 is 26.5 Å². The van der Waals surface area contributed by atoms with Crippen molar-refractivity contribution in [2.24, 2.45) is 5.92 Å². The van der Waals surface area contributed by atoms with Gasteiger partial charge in [0.2, 0.25) is 0 Å². The van der Waals surface area contributed by atoms with Gasteiger partial charge in [-0.1, -0.05) is 0 Å². The van der Waals surface area contributed by atoms with Crippen LogP contribution in [0.5, 0.6) is 0 Å². The van der Waals surface area contributed by atoms with E-state index in [0.29, 0.717) is 4.12 Å². The van der Waals surface area contributed by atoms with E-state index >= 15 is 0 Å². The average molecular weight is 544 g/mol. The maximum absolute atomic E-state index is 7.07. The van der Waals surface area contributed by atoms with Gasteiger partial charge in [-0.25, -0.2) is 0 Å². The molecular formula is C27H56OSiSn. The predicted octanol–water partition coefficient (Wildman–Crippen LogP) is 9.62. The van der Waals surface area contributed by atoms with Crippen LogP contribution in [0, 0.1) is 5.92 Å². The summed E-state index contributed by atoms with van der Waals surface area (Å²) in [5, 5.41) is 0. The Hall–Kier alpha value is 0.716. The SMILES string of the molecule is C=C(CCO[CH](C1CCCCC1)[Sn]([CH2]CCC)([CH2]CCC)[CH2]CCC)C[Si](C)(C)C. The van der Waals surface area contributed by atoms with Crippen LogP contribution < -0.4 is 0 Å². The van der Waals surface area contributed by atoms with Crippen LogP contribution in [0.15, 0.2) is 12.2 Å². The van der Waals surface area contributed by atoms with Gasteiger partial charge in [0.05, 0.1) is 0 Å². The van der Waals surface area contributed by atoms with E-state index in [-0.39, 0.29) is 0 Å². The molecule has 0 radical (unpaired) electrons. The summed E-state index contributed by atoms with van der Waals surface area (Å²) in [5.41, 5.74) is 1.45. The van der Waals surface area contributed by atoms with Gasteiger partial charge in [0.1, 0.15) is 0 Å². The normalized spacial score (nSPS) is 17.3. The van der Waals surface area contributed by atoms with Crippen molar-refractivity contribution < 1.29 is 4.74 Å². The monoisotopic (exact) mass is 544 g/mol. The van der Waals surface area contributed by atoms with Crippen LogP contribution >= 0.6 is 0 Å². The van der Waals surface area contributed by atoms with Crippen LogP contribution in [0.25, 0.3) is 0 Å². The van der Waals surface area contributed by atoms with Crippen molar-refractivity contribution in [3.8, 4) is 0 Å². The minimum absolute atomic E-state index is 0.684. The topological polar surface area (TPSA) is 9.23 Å². The molecule has 0 aromatic carbocycles. The quantitative estimate of drug-likeness (QED) is 0.131. The van der Waals surface area contributed by atoms with Gasteiger partial charge in [-0.05, 0) is 0 Å². The first-order chi connectivity index (χ1) is 14.3. The second kappa shape index (κ2) is 15.5. The Kier molecular flexibility index (Phi) is 14.9. The van der Waals surface area contributed by atoms with E-state index in [9.17, 15) is 0 Å². The molecule has 1 aliphatic rings. The van der Waals surface area contributed by atoms with Crippen molar-refractivity contribution in [1.29, 1.82) is 0 Å². The number of ether oxygens (including phenoxy) is 1. The van der Waals surface area contributed by atoms with Crippen molar-refractivity contribution in [2.45, 2.75) is 141 Å². The third-order valence-electron chi connectivity index (χ3n) is 7.30. The molecule has 1 atom stereocenters. The van der Waals surface area contributed by atoms with Crippen LogP contribution in [-0.2, 0) is 4.74 Å². The number of rotatable bonds is 17. The third-order valence-corrected chi connectivity index (χ3v) is 25.7. The van der Waals surface area contributed by atoms with Gasteiger partial charge in [0.15, 0.2) is 0 Å². The maximum atomic E-state index is 7.07. The molecule has 0 saturated heterocycles. The summed E-state index contributed by atoms with van der Waals surface area (Å²) in [6.45, 7) is 20.0. The minimum atomic E-state index is -2.38. The third kappa shape index (κ3) is 11.0. The fourth-order valence-corrected chi connectivity index (χ4v) is 26.3. The molecule has 0 spiro atoms. The van der Waals surface area contributed by atoms with Gasteiger partial charge in [-0.2, -0.15) is 0 Å². The fourth-order valence-electron chi connectivity index (χ4n) is 5.81. The summed E-state index contributed by atoms with van der Waals surface area (Å²) >= 11 is -2.38. The zero-order valence-corrected chi connectivity index (χ0v) is 25.6. The van der Waals surface area contributed by atoms with E-state index in [0.717, 1.165) is 18.9 Å². The molecule has 0 aliphatic heterocycles. The molecule has 1 fully saturated rings. The zero-order chi connectivity index (χ0) is 22.5.